The summed E-state index contributed by atoms with van der Waals surface area (Å²) >= 11 is 0. The molecule has 0 aliphatic heterocycles. The van der Waals surface area contributed by atoms with Crippen LogP contribution in [0.15, 0.2) is 103 Å². The normalized spacial score (nSPS) is 13.7. The van der Waals surface area contributed by atoms with Gasteiger partial charge in [-0.3, -0.25) is 0 Å². The van der Waals surface area contributed by atoms with Crippen LogP contribution in [-0.4, -0.2) is 0 Å². The van der Waals surface area contributed by atoms with E-state index in [0.717, 1.165) is 5.69 Å². The summed E-state index contributed by atoms with van der Waals surface area (Å²) < 4.78 is 0. The first-order chi connectivity index (χ1) is 15.9. The fraction of sp³-hybridized carbons (Fsp3) is 0.133. The van der Waals surface area contributed by atoms with Crippen molar-refractivity contribution in [2.24, 2.45) is 0 Å². The predicted molar refractivity (Wildman–Crippen MR) is 140 cm³/mol. The number of hydrogen-bond acceptors (Lipinski definition) is 0. The van der Waals surface area contributed by atoms with Crippen molar-refractivity contribution < 1.29 is 20.1 Å². The van der Waals surface area contributed by atoms with Gasteiger partial charge in [0.2, 0.25) is 0 Å². The van der Waals surface area contributed by atoms with Crippen molar-refractivity contribution in [3.8, 4) is 11.3 Å². The van der Waals surface area contributed by atoms with Crippen LogP contribution < -0.4 is 20.9 Å². The average Bonchev–Trinajstić information content (AvgIpc) is 3.36. The maximum atomic E-state index is 4.53. The zero-order valence-corrected chi connectivity index (χ0v) is 22.0. The van der Waals surface area contributed by atoms with E-state index in [4.69, 9.17) is 0 Å². The maximum Gasteiger partial charge on any atom is 0 e. The van der Waals surface area contributed by atoms with Gasteiger partial charge in [0.1, 0.15) is 0 Å². The molecule has 169 valence electrons. The standard InChI is InChI=1S/C22H17NP.C8H12.Ir/c1-3-10-18(11-4-1)24(19-12-5-2-6-13-19)22-16-8-7-14-20(22)21-15-9-17-23-21;1-2-4-6-8-7-5-3-1;/h1-17H;1-2,7-8H,3-6H2;/q-1;;. The van der Waals surface area contributed by atoms with Crippen LogP contribution in [-0.2, 0) is 20.1 Å². The molecule has 1 saturated carbocycles. The first-order valence-corrected chi connectivity index (χ1v) is 12.6. The number of rotatable bonds is 4. The third-order valence-electron chi connectivity index (χ3n) is 5.34. The fourth-order valence-electron chi connectivity index (χ4n) is 3.78. The van der Waals surface area contributed by atoms with Gasteiger partial charge in [-0.1, -0.05) is 97.1 Å². The second-order valence-electron chi connectivity index (χ2n) is 7.64. The second-order valence-corrected chi connectivity index (χ2v) is 9.83. The summed E-state index contributed by atoms with van der Waals surface area (Å²) in [7, 11) is -0.612. The number of aromatic nitrogens is 1. The molecule has 0 spiro atoms. The summed E-state index contributed by atoms with van der Waals surface area (Å²) in [6.07, 6.45) is 15.9. The van der Waals surface area contributed by atoms with Crippen molar-refractivity contribution in [2.75, 3.05) is 0 Å². The topological polar surface area (TPSA) is 14.1 Å². The van der Waals surface area contributed by atoms with E-state index in [2.05, 4.69) is 122 Å². The van der Waals surface area contributed by atoms with E-state index in [-0.39, 0.29) is 20.1 Å². The Morgan fingerprint density at radius 1 is 0.515 bits per heavy atom. The second kappa shape index (κ2) is 14.3. The fourth-order valence-corrected chi connectivity index (χ4v) is 6.24. The van der Waals surface area contributed by atoms with Crippen molar-refractivity contribution in [1.29, 1.82) is 0 Å². The van der Waals surface area contributed by atoms with Gasteiger partial charge in [0.25, 0.3) is 0 Å². The molecule has 3 heteroatoms. The smallest absolute Gasteiger partial charge is 0 e. The van der Waals surface area contributed by atoms with Crippen LogP contribution in [0.5, 0.6) is 0 Å². The molecule has 0 atom stereocenters. The van der Waals surface area contributed by atoms with Crippen LogP contribution >= 0.6 is 7.92 Å². The van der Waals surface area contributed by atoms with Gasteiger partial charge in [0.05, 0.1) is 0 Å². The van der Waals surface area contributed by atoms with Gasteiger partial charge < -0.3 is 4.98 Å². The first-order valence-electron chi connectivity index (χ1n) is 11.3. The summed E-state index contributed by atoms with van der Waals surface area (Å²) in [5, 5.41) is 4.07. The van der Waals surface area contributed by atoms with Crippen LogP contribution in [0, 0.1) is 25.7 Å². The van der Waals surface area contributed by atoms with Crippen LogP contribution in [0.2, 0.25) is 0 Å². The Balaban J connectivity index is 0.000000290. The van der Waals surface area contributed by atoms with Gasteiger partial charge in [0, 0.05) is 20.1 Å². The number of hydrogen-bond donors (Lipinski definition) is 0. The molecule has 0 saturated heterocycles. The van der Waals surface area contributed by atoms with E-state index in [1.807, 2.05) is 12.3 Å². The molecule has 33 heavy (non-hydrogen) atoms. The van der Waals surface area contributed by atoms with Gasteiger partial charge in [-0.2, -0.15) is 6.20 Å². The predicted octanol–water partition coefficient (Wildman–Crippen LogP) is 6.44. The molecule has 1 fully saturated rings. The maximum absolute atomic E-state index is 4.53. The van der Waals surface area contributed by atoms with Crippen molar-refractivity contribution in [1.82, 2.24) is 4.98 Å². The van der Waals surface area contributed by atoms with Gasteiger partial charge in [-0.05, 0) is 80.8 Å². The molecule has 5 radical (unpaired) electrons. The van der Waals surface area contributed by atoms with E-state index in [0.29, 0.717) is 0 Å². The molecular weight excluding hydrogens is 598 g/mol. The minimum atomic E-state index is -0.612. The molecule has 0 bridgehead atoms. The molecule has 0 unspecified atom stereocenters. The van der Waals surface area contributed by atoms with Crippen LogP contribution in [0.25, 0.3) is 11.3 Å². The van der Waals surface area contributed by atoms with E-state index < -0.39 is 7.92 Å². The van der Waals surface area contributed by atoms with E-state index in [1.165, 1.54) is 47.2 Å². The minimum Gasteiger partial charge on any atom is -0.664 e. The van der Waals surface area contributed by atoms with E-state index in [1.54, 1.807) is 0 Å². The summed E-state index contributed by atoms with van der Waals surface area (Å²) in [6.45, 7) is 0. The van der Waals surface area contributed by atoms with Crippen molar-refractivity contribution in [3.63, 3.8) is 0 Å². The summed E-state index contributed by atoms with van der Waals surface area (Å²) in [5.41, 5.74) is 2.27. The van der Waals surface area contributed by atoms with Crippen LogP contribution in [0.1, 0.15) is 25.7 Å². The molecule has 1 nitrogen and oxygen atoms in total. The number of benzene rings is 3. The third-order valence-corrected chi connectivity index (χ3v) is 7.84. The van der Waals surface area contributed by atoms with Crippen molar-refractivity contribution in [2.45, 2.75) is 25.7 Å². The number of nitrogens with zero attached hydrogens (tertiary/aromatic N) is 1. The monoisotopic (exact) mass is 627 g/mol. The Morgan fingerprint density at radius 2 is 1.00 bits per heavy atom. The van der Waals surface area contributed by atoms with Gasteiger partial charge in [0.15, 0.2) is 0 Å². The van der Waals surface area contributed by atoms with E-state index in [9.17, 15) is 0 Å². The molecule has 0 N–H and O–H groups in total. The Labute approximate surface area is 214 Å². The van der Waals surface area contributed by atoms with Gasteiger partial charge in [-0.15, -0.1) is 5.69 Å². The molecule has 1 aliphatic carbocycles. The molecule has 1 aliphatic rings. The van der Waals surface area contributed by atoms with Gasteiger partial charge >= 0.3 is 0 Å². The van der Waals surface area contributed by atoms with Crippen molar-refractivity contribution >= 4 is 23.8 Å². The van der Waals surface area contributed by atoms with Gasteiger partial charge in [-0.25, -0.2) is 0 Å². The van der Waals surface area contributed by atoms with Crippen molar-refractivity contribution in [3.05, 3.63) is 129 Å². The summed E-state index contributed by atoms with van der Waals surface area (Å²) in [4.78, 5) is 4.53. The molecule has 3 aromatic carbocycles. The SMILES string of the molecule is [CH]1[CH]CC[CH][CH]CC1.[Ir].c1ccc(P(c2ccccc2)c2ccccc2-c2ccc[n-]2)cc1. The minimum absolute atomic E-state index is 0. The molecular formula is C30H29IrNP-. The summed E-state index contributed by atoms with van der Waals surface area (Å²) in [6, 6.07) is 34.3. The zero-order valence-electron chi connectivity index (χ0n) is 18.7. The quantitative estimate of drug-likeness (QED) is 0.238. The Hall–Kier alpha value is -1.98. The Kier molecular flexibility index (Phi) is 11.1. The molecule has 4 aromatic rings. The van der Waals surface area contributed by atoms with Crippen LogP contribution in [0.4, 0.5) is 0 Å². The molecule has 5 rings (SSSR count). The Morgan fingerprint density at radius 3 is 1.48 bits per heavy atom. The van der Waals surface area contributed by atoms with Crippen LogP contribution in [0.3, 0.4) is 0 Å². The largest absolute Gasteiger partial charge is 0.664 e. The van der Waals surface area contributed by atoms with E-state index >= 15 is 0 Å². The first kappa shape index (κ1) is 25.6. The average molecular weight is 627 g/mol. The third kappa shape index (κ3) is 7.51. The zero-order chi connectivity index (χ0) is 21.8. The molecule has 1 heterocycles. The molecule has 1 aromatic heterocycles. The molecule has 0 amide bonds. The summed E-state index contributed by atoms with van der Waals surface area (Å²) in [5.74, 6) is 0. The Bertz CT molecular complexity index is 968.